The van der Waals surface area contributed by atoms with Crippen molar-refractivity contribution in [1.82, 2.24) is 10.2 Å². The zero-order valence-electron chi connectivity index (χ0n) is 17.2. The molecule has 0 unspecified atom stereocenters. The van der Waals surface area contributed by atoms with Gasteiger partial charge in [-0.3, -0.25) is 0 Å². The van der Waals surface area contributed by atoms with Crippen molar-refractivity contribution in [3.8, 4) is 5.75 Å². The second kappa shape index (κ2) is 11.9. The van der Waals surface area contributed by atoms with Crippen LogP contribution in [0.25, 0.3) is 0 Å². The standard InChI is InChI=1S/C22H30N4O2.HI/c1-3-23-22(24-16-18-7-6-8-19(15-18)17-28-2)26-13-11-25(12-14-26)20-9-4-5-10-21(20)27;/h4-10,15,27H,3,11-14,16-17H2,1-2H3,(H,23,24);1H. The quantitative estimate of drug-likeness (QED) is 0.354. The van der Waals surface area contributed by atoms with Crippen molar-refractivity contribution in [2.75, 3.05) is 44.7 Å². The van der Waals surface area contributed by atoms with Crippen LogP contribution in [0, 0.1) is 0 Å². The first-order valence-corrected chi connectivity index (χ1v) is 9.84. The van der Waals surface area contributed by atoms with Gasteiger partial charge in [0.25, 0.3) is 0 Å². The summed E-state index contributed by atoms with van der Waals surface area (Å²) in [5.41, 5.74) is 3.24. The van der Waals surface area contributed by atoms with Gasteiger partial charge in [-0.25, -0.2) is 4.99 Å². The fraction of sp³-hybridized carbons (Fsp3) is 0.409. The third-order valence-electron chi connectivity index (χ3n) is 4.85. The Kier molecular flexibility index (Phi) is 9.53. The molecule has 1 heterocycles. The molecule has 2 aromatic rings. The number of phenolic OH excluding ortho intramolecular Hbond substituents is 1. The van der Waals surface area contributed by atoms with Crippen LogP contribution >= 0.6 is 24.0 Å². The zero-order chi connectivity index (χ0) is 19.8. The summed E-state index contributed by atoms with van der Waals surface area (Å²) in [5, 5.41) is 13.5. The summed E-state index contributed by atoms with van der Waals surface area (Å²) < 4.78 is 5.22. The number of para-hydroxylation sites is 2. The Morgan fingerprint density at radius 3 is 2.48 bits per heavy atom. The molecule has 0 spiro atoms. The van der Waals surface area contributed by atoms with E-state index in [1.807, 2.05) is 18.2 Å². The SMILES string of the molecule is CCNC(=NCc1cccc(COC)c1)N1CCN(c2ccccc2O)CC1.I. The van der Waals surface area contributed by atoms with Crippen LogP contribution in [-0.4, -0.2) is 55.8 Å². The number of piperazine rings is 1. The molecular formula is C22H31IN4O2. The fourth-order valence-electron chi connectivity index (χ4n) is 3.47. The number of phenols is 1. The van der Waals surface area contributed by atoms with Crippen molar-refractivity contribution in [1.29, 1.82) is 0 Å². The largest absolute Gasteiger partial charge is 0.506 e. The summed E-state index contributed by atoms with van der Waals surface area (Å²) in [5.74, 6) is 1.28. The van der Waals surface area contributed by atoms with E-state index >= 15 is 0 Å². The Morgan fingerprint density at radius 2 is 1.79 bits per heavy atom. The number of nitrogens with one attached hydrogen (secondary N) is 1. The molecule has 0 atom stereocenters. The molecule has 2 aromatic carbocycles. The number of halogens is 1. The number of anilines is 1. The second-order valence-electron chi connectivity index (χ2n) is 6.89. The molecule has 158 valence electrons. The summed E-state index contributed by atoms with van der Waals surface area (Å²) in [4.78, 5) is 9.36. The summed E-state index contributed by atoms with van der Waals surface area (Å²) in [7, 11) is 1.71. The van der Waals surface area contributed by atoms with Gasteiger partial charge >= 0.3 is 0 Å². The number of hydrogen-bond acceptors (Lipinski definition) is 4. The van der Waals surface area contributed by atoms with E-state index in [4.69, 9.17) is 9.73 Å². The number of ether oxygens (including phenoxy) is 1. The van der Waals surface area contributed by atoms with Gasteiger partial charge in [-0.05, 0) is 30.2 Å². The van der Waals surface area contributed by atoms with Crippen LogP contribution in [0.3, 0.4) is 0 Å². The molecule has 0 aliphatic carbocycles. The van der Waals surface area contributed by atoms with Crippen LogP contribution in [0.5, 0.6) is 5.75 Å². The summed E-state index contributed by atoms with van der Waals surface area (Å²) in [6, 6.07) is 15.9. The number of rotatable bonds is 6. The van der Waals surface area contributed by atoms with E-state index in [0.717, 1.165) is 49.9 Å². The van der Waals surface area contributed by atoms with Gasteiger partial charge in [0.15, 0.2) is 5.96 Å². The Balaban J connectivity index is 0.00000300. The maximum absolute atomic E-state index is 10.1. The monoisotopic (exact) mass is 510 g/mol. The van der Waals surface area contributed by atoms with Crippen molar-refractivity contribution in [3.05, 3.63) is 59.7 Å². The maximum Gasteiger partial charge on any atom is 0.194 e. The van der Waals surface area contributed by atoms with Gasteiger partial charge in [0.05, 0.1) is 18.8 Å². The van der Waals surface area contributed by atoms with Crippen LogP contribution in [-0.2, 0) is 17.9 Å². The molecule has 1 saturated heterocycles. The van der Waals surface area contributed by atoms with Gasteiger partial charge in [-0.1, -0.05) is 36.4 Å². The van der Waals surface area contributed by atoms with Crippen molar-refractivity contribution >= 4 is 35.6 Å². The fourth-order valence-corrected chi connectivity index (χ4v) is 3.47. The zero-order valence-corrected chi connectivity index (χ0v) is 19.5. The molecule has 29 heavy (non-hydrogen) atoms. The van der Waals surface area contributed by atoms with Gasteiger partial charge in [0.1, 0.15) is 5.75 Å². The molecular weight excluding hydrogens is 479 g/mol. The lowest BCUT2D eigenvalue weighted by Crippen LogP contribution is -2.52. The number of aromatic hydroxyl groups is 1. The second-order valence-corrected chi connectivity index (χ2v) is 6.89. The first-order chi connectivity index (χ1) is 13.7. The van der Waals surface area contributed by atoms with Gasteiger partial charge in [-0.2, -0.15) is 0 Å². The lowest BCUT2D eigenvalue weighted by molar-refractivity contribution is 0.185. The molecule has 0 bridgehead atoms. The number of hydrogen-bond donors (Lipinski definition) is 2. The van der Waals surface area contributed by atoms with Crippen LogP contribution in [0.4, 0.5) is 5.69 Å². The highest BCUT2D eigenvalue weighted by Crippen LogP contribution is 2.27. The average molecular weight is 510 g/mol. The van der Waals surface area contributed by atoms with E-state index < -0.39 is 0 Å². The Bertz CT molecular complexity index is 792. The van der Waals surface area contributed by atoms with E-state index in [2.05, 4.69) is 46.3 Å². The molecule has 0 radical (unpaired) electrons. The molecule has 3 rings (SSSR count). The van der Waals surface area contributed by atoms with Gasteiger partial charge < -0.3 is 25.0 Å². The van der Waals surface area contributed by atoms with Crippen molar-refractivity contribution in [2.45, 2.75) is 20.1 Å². The molecule has 0 saturated carbocycles. The highest BCUT2D eigenvalue weighted by Gasteiger charge is 2.21. The summed E-state index contributed by atoms with van der Waals surface area (Å²) in [6.45, 7) is 7.62. The van der Waals surface area contributed by atoms with Crippen molar-refractivity contribution in [2.24, 2.45) is 4.99 Å². The van der Waals surface area contributed by atoms with Crippen LogP contribution in [0.2, 0.25) is 0 Å². The molecule has 1 aliphatic rings. The van der Waals surface area contributed by atoms with E-state index in [1.54, 1.807) is 13.2 Å². The number of benzene rings is 2. The highest BCUT2D eigenvalue weighted by molar-refractivity contribution is 14.0. The predicted octanol–water partition coefficient (Wildman–Crippen LogP) is 3.44. The van der Waals surface area contributed by atoms with Crippen LogP contribution < -0.4 is 10.2 Å². The summed E-state index contributed by atoms with van der Waals surface area (Å²) in [6.07, 6.45) is 0. The lowest BCUT2D eigenvalue weighted by Gasteiger charge is -2.37. The molecule has 0 amide bonds. The summed E-state index contributed by atoms with van der Waals surface area (Å²) >= 11 is 0. The first-order valence-electron chi connectivity index (χ1n) is 9.84. The van der Waals surface area contributed by atoms with Gasteiger partial charge in [-0.15, -0.1) is 24.0 Å². The molecule has 6 nitrogen and oxygen atoms in total. The Morgan fingerprint density at radius 1 is 1.07 bits per heavy atom. The minimum absolute atomic E-state index is 0. The molecule has 2 N–H and O–H groups in total. The van der Waals surface area contributed by atoms with Crippen molar-refractivity contribution in [3.63, 3.8) is 0 Å². The molecule has 0 aromatic heterocycles. The Labute approximate surface area is 190 Å². The highest BCUT2D eigenvalue weighted by atomic mass is 127. The van der Waals surface area contributed by atoms with E-state index in [1.165, 1.54) is 5.56 Å². The first kappa shape index (κ1) is 23.3. The number of aliphatic imine (C=N–C) groups is 1. The van der Waals surface area contributed by atoms with Crippen LogP contribution in [0.1, 0.15) is 18.1 Å². The average Bonchev–Trinajstić information content (AvgIpc) is 2.72. The third-order valence-corrected chi connectivity index (χ3v) is 4.85. The van der Waals surface area contributed by atoms with Gasteiger partial charge in [0.2, 0.25) is 0 Å². The number of guanidine groups is 1. The van der Waals surface area contributed by atoms with E-state index in [9.17, 15) is 5.11 Å². The minimum atomic E-state index is 0. The third kappa shape index (κ3) is 6.50. The topological polar surface area (TPSA) is 60.3 Å². The number of methoxy groups -OCH3 is 1. The molecule has 1 aliphatic heterocycles. The Hall–Kier alpha value is -2.00. The predicted molar refractivity (Wildman–Crippen MR) is 129 cm³/mol. The maximum atomic E-state index is 10.1. The lowest BCUT2D eigenvalue weighted by atomic mass is 10.1. The normalized spacial score (nSPS) is 14.5. The molecule has 7 heteroatoms. The van der Waals surface area contributed by atoms with Gasteiger partial charge in [0, 0.05) is 39.8 Å². The van der Waals surface area contributed by atoms with Crippen molar-refractivity contribution < 1.29 is 9.84 Å². The molecule has 1 fully saturated rings. The van der Waals surface area contributed by atoms with Crippen LogP contribution in [0.15, 0.2) is 53.5 Å². The van der Waals surface area contributed by atoms with E-state index in [-0.39, 0.29) is 24.0 Å². The smallest absolute Gasteiger partial charge is 0.194 e. The number of nitrogens with zero attached hydrogens (tertiary/aromatic N) is 3. The minimum Gasteiger partial charge on any atom is -0.506 e. The van der Waals surface area contributed by atoms with E-state index in [0.29, 0.717) is 18.9 Å².